The van der Waals surface area contributed by atoms with Crippen molar-refractivity contribution in [1.29, 1.82) is 0 Å². The van der Waals surface area contributed by atoms with Crippen molar-refractivity contribution in [3.63, 3.8) is 0 Å². The zero-order chi connectivity index (χ0) is 18.7. The molecule has 2 aromatic heterocycles. The number of rotatable bonds is 5. The third-order valence-electron chi connectivity index (χ3n) is 3.85. The molecule has 0 unspecified atom stereocenters. The number of hydrogen-bond donors (Lipinski definition) is 1. The van der Waals surface area contributed by atoms with E-state index in [1.807, 2.05) is 29.6 Å². The standard InChI is InChI=1S/C20H15N3O2S2/c24-27(25,17-9-2-1-3-10-17)23-16-8-6-7-15(13-16)19-14-26-20(22-19)18-11-4-5-12-21-18/h1-14,23H. The highest BCUT2D eigenvalue weighted by atomic mass is 32.2. The second-order valence-electron chi connectivity index (χ2n) is 5.75. The molecule has 5 nitrogen and oxygen atoms in total. The monoisotopic (exact) mass is 393 g/mol. The lowest BCUT2D eigenvalue weighted by Crippen LogP contribution is -2.12. The van der Waals surface area contributed by atoms with Gasteiger partial charge in [-0.2, -0.15) is 0 Å². The number of nitrogens with zero attached hydrogens (tertiary/aromatic N) is 2. The number of hydrogen-bond acceptors (Lipinski definition) is 5. The summed E-state index contributed by atoms with van der Waals surface area (Å²) in [5, 5.41) is 2.76. The molecule has 0 aliphatic carbocycles. The normalized spacial score (nSPS) is 11.3. The van der Waals surface area contributed by atoms with Crippen LogP contribution in [-0.2, 0) is 10.0 Å². The van der Waals surface area contributed by atoms with Crippen LogP contribution in [0.3, 0.4) is 0 Å². The maximum absolute atomic E-state index is 12.5. The fourth-order valence-corrected chi connectivity index (χ4v) is 4.44. The van der Waals surface area contributed by atoms with Crippen LogP contribution in [0, 0.1) is 0 Å². The highest BCUT2D eigenvalue weighted by molar-refractivity contribution is 7.92. The summed E-state index contributed by atoms with van der Waals surface area (Å²) in [7, 11) is -3.63. The minimum Gasteiger partial charge on any atom is -0.280 e. The van der Waals surface area contributed by atoms with Crippen LogP contribution in [0.1, 0.15) is 0 Å². The van der Waals surface area contributed by atoms with Gasteiger partial charge in [-0.15, -0.1) is 11.3 Å². The van der Waals surface area contributed by atoms with Gasteiger partial charge in [0.1, 0.15) is 5.01 Å². The molecule has 0 aliphatic heterocycles. The molecule has 4 rings (SSSR count). The van der Waals surface area contributed by atoms with Gasteiger partial charge in [-0.1, -0.05) is 36.4 Å². The molecule has 0 saturated heterocycles. The molecule has 0 saturated carbocycles. The Bertz CT molecular complexity index is 1160. The molecule has 0 aliphatic rings. The van der Waals surface area contributed by atoms with Gasteiger partial charge in [-0.3, -0.25) is 9.71 Å². The summed E-state index contributed by atoms with van der Waals surface area (Å²) in [6.45, 7) is 0. The molecule has 0 spiro atoms. The molecule has 0 radical (unpaired) electrons. The average Bonchev–Trinajstić information content (AvgIpc) is 3.20. The number of anilines is 1. The van der Waals surface area contributed by atoms with Crippen LogP contribution in [-0.4, -0.2) is 18.4 Å². The van der Waals surface area contributed by atoms with Gasteiger partial charge in [0.25, 0.3) is 10.0 Å². The Morgan fingerprint density at radius 2 is 1.67 bits per heavy atom. The first-order chi connectivity index (χ1) is 13.1. The lowest BCUT2D eigenvalue weighted by molar-refractivity contribution is 0.601. The van der Waals surface area contributed by atoms with Gasteiger partial charge >= 0.3 is 0 Å². The number of thiazole rings is 1. The molecule has 134 valence electrons. The fraction of sp³-hybridized carbons (Fsp3) is 0. The van der Waals surface area contributed by atoms with Crippen molar-refractivity contribution in [2.24, 2.45) is 0 Å². The molecule has 0 fully saturated rings. The molecule has 2 aromatic carbocycles. The zero-order valence-corrected chi connectivity index (χ0v) is 15.7. The summed E-state index contributed by atoms with van der Waals surface area (Å²) in [6.07, 6.45) is 1.73. The summed E-state index contributed by atoms with van der Waals surface area (Å²) in [6, 6.07) is 21.2. The topological polar surface area (TPSA) is 72.0 Å². The Hall–Kier alpha value is -3.03. The van der Waals surface area contributed by atoms with Crippen LogP contribution in [0.2, 0.25) is 0 Å². The summed E-state index contributed by atoms with van der Waals surface area (Å²) in [5.74, 6) is 0. The van der Waals surface area contributed by atoms with Gasteiger partial charge in [-0.25, -0.2) is 13.4 Å². The van der Waals surface area contributed by atoms with Crippen molar-refractivity contribution in [1.82, 2.24) is 9.97 Å². The number of sulfonamides is 1. The van der Waals surface area contributed by atoms with E-state index in [1.54, 1.807) is 54.7 Å². The number of pyridine rings is 1. The molecule has 0 amide bonds. The van der Waals surface area contributed by atoms with Crippen molar-refractivity contribution in [3.8, 4) is 22.0 Å². The first kappa shape index (κ1) is 17.4. The first-order valence-corrected chi connectivity index (χ1v) is 10.5. The Morgan fingerprint density at radius 1 is 0.852 bits per heavy atom. The average molecular weight is 393 g/mol. The van der Waals surface area contributed by atoms with Gasteiger partial charge in [0.2, 0.25) is 0 Å². The third kappa shape index (κ3) is 3.89. The summed E-state index contributed by atoms with van der Waals surface area (Å²) in [4.78, 5) is 9.16. The van der Waals surface area contributed by atoms with Crippen LogP contribution in [0.25, 0.3) is 22.0 Å². The van der Waals surface area contributed by atoms with Crippen molar-refractivity contribution in [2.75, 3.05) is 4.72 Å². The zero-order valence-electron chi connectivity index (χ0n) is 14.1. The van der Waals surface area contributed by atoms with Crippen molar-refractivity contribution >= 4 is 27.0 Å². The number of benzene rings is 2. The van der Waals surface area contributed by atoms with Crippen LogP contribution < -0.4 is 4.72 Å². The predicted octanol–water partition coefficient (Wildman–Crippen LogP) is 4.67. The largest absolute Gasteiger partial charge is 0.280 e. The van der Waals surface area contributed by atoms with E-state index in [1.165, 1.54) is 11.3 Å². The molecular weight excluding hydrogens is 378 g/mol. The quantitative estimate of drug-likeness (QED) is 0.535. The van der Waals surface area contributed by atoms with E-state index in [9.17, 15) is 8.42 Å². The third-order valence-corrected chi connectivity index (χ3v) is 6.11. The Morgan fingerprint density at radius 3 is 2.44 bits per heavy atom. The first-order valence-electron chi connectivity index (χ1n) is 8.17. The molecule has 0 bridgehead atoms. The van der Waals surface area contributed by atoms with E-state index in [0.29, 0.717) is 5.69 Å². The van der Waals surface area contributed by atoms with Gasteiger partial charge in [0.05, 0.1) is 16.3 Å². The van der Waals surface area contributed by atoms with Gasteiger partial charge in [0, 0.05) is 22.8 Å². The number of nitrogens with one attached hydrogen (secondary N) is 1. The molecule has 7 heteroatoms. The highest BCUT2D eigenvalue weighted by Crippen LogP contribution is 2.29. The number of aromatic nitrogens is 2. The lowest BCUT2D eigenvalue weighted by atomic mass is 10.1. The Labute approximate surface area is 161 Å². The van der Waals surface area contributed by atoms with Gasteiger partial charge in [0.15, 0.2) is 0 Å². The van der Waals surface area contributed by atoms with E-state index in [4.69, 9.17) is 0 Å². The Kier molecular flexibility index (Phi) is 4.70. The highest BCUT2D eigenvalue weighted by Gasteiger charge is 2.14. The molecule has 1 N–H and O–H groups in total. The SMILES string of the molecule is O=S(=O)(Nc1cccc(-c2csc(-c3ccccn3)n2)c1)c1ccccc1. The summed E-state index contributed by atoms with van der Waals surface area (Å²) >= 11 is 1.50. The minimum absolute atomic E-state index is 0.224. The van der Waals surface area contributed by atoms with Gasteiger partial charge in [-0.05, 0) is 36.4 Å². The van der Waals surface area contributed by atoms with Crippen molar-refractivity contribution in [2.45, 2.75) is 4.90 Å². The second-order valence-corrected chi connectivity index (χ2v) is 8.29. The van der Waals surface area contributed by atoms with E-state index in [0.717, 1.165) is 22.0 Å². The molecule has 27 heavy (non-hydrogen) atoms. The summed E-state index contributed by atoms with van der Waals surface area (Å²) < 4.78 is 27.6. The maximum Gasteiger partial charge on any atom is 0.261 e. The van der Waals surface area contributed by atoms with E-state index < -0.39 is 10.0 Å². The lowest BCUT2D eigenvalue weighted by Gasteiger charge is -2.09. The predicted molar refractivity (Wildman–Crippen MR) is 108 cm³/mol. The molecule has 4 aromatic rings. The fourth-order valence-electron chi connectivity index (χ4n) is 2.57. The van der Waals surface area contributed by atoms with Gasteiger partial charge < -0.3 is 0 Å². The van der Waals surface area contributed by atoms with E-state index in [2.05, 4.69) is 14.7 Å². The van der Waals surface area contributed by atoms with E-state index >= 15 is 0 Å². The van der Waals surface area contributed by atoms with E-state index in [-0.39, 0.29) is 4.90 Å². The smallest absolute Gasteiger partial charge is 0.261 e. The second kappa shape index (κ2) is 7.30. The molecule has 0 atom stereocenters. The molecular formula is C20H15N3O2S2. The summed E-state index contributed by atoms with van der Waals surface area (Å²) in [5.41, 5.74) is 2.92. The van der Waals surface area contributed by atoms with Crippen LogP contribution >= 0.6 is 11.3 Å². The van der Waals surface area contributed by atoms with Crippen LogP contribution in [0.15, 0.2) is 89.3 Å². The molecule has 2 heterocycles. The van der Waals surface area contributed by atoms with Crippen LogP contribution in [0.5, 0.6) is 0 Å². The Balaban J connectivity index is 1.61. The minimum atomic E-state index is -3.63. The van der Waals surface area contributed by atoms with Crippen molar-refractivity contribution < 1.29 is 8.42 Å². The maximum atomic E-state index is 12.5. The van der Waals surface area contributed by atoms with Crippen molar-refractivity contribution in [3.05, 3.63) is 84.4 Å². The van der Waals surface area contributed by atoms with Crippen LogP contribution in [0.4, 0.5) is 5.69 Å².